The Morgan fingerprint density at radius 3 is 2.44 bits per heavy atom. The van der Waals surface area contributed by atoms with Crippen molar-refractivity contribution in [2.24, 2.45) is 22.2 Å². The van der Waals surface area contributed by atoms with Crippen LogP contribution in [0.5, 0.6) is 0 Å². The van der Waals surface area contributed by atoms with E-state index in [1.165, 1.54) is 0 Å². The van der Waals surface area contributed by atoms with Gasteiger partial charge >= 0.3 is 6.03 Å². The lowest BCUT2D eigenvalue weighted by Gasteiger charge is -2.34. The number of urea groups is 1. The maximum atomic E-state index is 12.4. The number of likely N-dealkylation sites (tertiary alicyclic amines) is 1. The summed E-state index contributed by atoms with van der Waals surface area (Å²) in [4.78, 5) is 37.5. The Morgan fingerprint density at radius 2 is 1.87 bits per heavy atom. The predicted octanol–water partition coefficient (Wildman–Crippen LogP) is 1.36. The fourth-order valence-electron chi connectivity index (χ4n) is 4.70. The van der Waals surface area contributed by atoms with Gasteiger partial charge in [-0.25, -0.2) is 9.78 Å². The summed E-state index contributed by atoms with van der Waals surface area (Å²) in [7, 11) is 0. The number of nitrogens with one attached hydrogen (secondary N) is 4. The first kappa shape index (κ1) is 37.7. The van der Waals surface area contributed by atoms with Crippen LogP contribution in [0.25, 0.3) is 11.1 Å². The molecule has 1 unspecified atom stereocenters. The molecule has 1 aromatic heterocycles. The number of nitrogens with zero attached hydrogens (tertiary/aromatic N) is 3. The van der Waals surface area contributed by atoms with E-state index in [9.17, 15) is 14.7 Å². The van der Waals surface area contributed by atoms with Gasteiger partial charge < -0.3 is 43.2 Å². The zero-order valence-corrected chi connectivity index (χ0v) is 27.9. The van der Waals surface area contributed by atoms with Crippen molar-refractivity contribution in [2.75, 3.05) is 39.3 Å². The smallest absolute Gasteiger partial charge is 0.315 e. The Kier molecular flexibility index (Phi) is 14.9. The van der Waals surface area contributed by atoms with Gasteiger partial charge in [-0.15, -0.1) is 0 Å². The molecule has 2 atom stereocenters. The van der Waals surface area contributed by atoms with Gasteiger partial charge in [-0.2, -0.15) is 0 Å². The Morgan fingerprint density at radius 1 is 1.18 bits per heavy atom. The molecule has 0 bridgehead atoms. The number of piperidine rings is 1. The lowest BCUT2D eigenvalue weighted by atomic mass is 9.95. The first-order valence-electron chi connectivity index (χ1n) is 15.7. The first-order valence-corrected chi connectivity index (χ1v) is 15.7. The average Bonchev–Trinajstić information content (AvgIpc) is 2.94. The number of amides is 2. The molecule has 2 aromatic rings. The Labute approximate surface area is 267 Å². The number of H-pyrrole nitrogens is 1. The number of aliphatic imine (C=N–C) groups is 1. The summed E-state index contributed by atoms with van der Waals surface area (Å²) >= 11 is 0. The number of benzene rings is 1. The van der Waals surface area contributed by atoms with E-state index in [0.717, 1.165) is 56.6 Å². The monoisotopic (exact) mass is 628 g/mol. The summed E-state index contributed by atoms with van der Waals surface area (Å²) in [5, 5.41) is 18.8. The van der Waals surface area contributed by atoms with Gasteiger partial charge in [0.15, 0.2) is 5.96 Å². The number of carbonyl (C=O) groups excluding carboxylic acids is 1. The van der Waals surface area contributed by atoms with Crippen LogP contribution in [0.3, 0.4) is 0 Å². The van der Waals surface area contributed by atoms with Crippen LogP contribution < -0.4 is 38.7 Å². The highest BCUT2D eigenvalue weighted by Gasteiger charge is 2.24. The molecule has 0 saturated carbocycles. The number of aromatic amines is 1. The van der Waals surface area contributed by atoms with E-state index in [2.05, 4.69) is 35.8 Å². The van der Waals surface area contributed by atoms with Crippen molar-refractivity contribution in [1.82, 2.24) is 30.8 Å². The van der Waals surface area contributed by atoms with Crippen LogP contribution in [0.15, 0.2) is 40.2 Å². The molecular weight excluding hydrogens is 572 g/mol. The summed E-state index contributed by atoms with van der Waals surface area (Å²) in [6.07, 6.45) is 4.04. The van der Waals surface area contributed by atoms with Crippen molar-refractivity contribution in [3.8, 4) is 11.1 Å². The number of guanidine groups is 1. The Hall–Kier alpha value is -3.52. The number of aliphatic hydroxyl groups is 1. The first-order chi connectivity index (χ1) is 21.1. The minimum Gasteiger partial charge on any atom is -0.390 e. The molecule has 13 heteroatoms. The number of aliphatic hydroxyl groups excluding tert-OH is 1. The van der Waals surface area contributed by atoms with Crippen molar-refractivity contribution >= 4 is 12.0 Å². The number of hydrogen-bond donors (Lipinski definition) is 8. The molecule has 45 heavy (non-hydrogen) atoms. The highest BCUT2D eigenvalue weighted by atomic mass is 16.3. The normalized spacial score (nSPS) is 16.2. The number of nitrogens with two attached hydrogens (primary N) is 3. The van der Waals surface area contributed by atoms with Crippen LogP contribution in [0.1, 0.15) is 72.2 Å². The molecule has 11 N–H and O–H groups in total. The molecule has 1 aromatic carbocycles. The highest BCUT2D eigenvalue weighted by molar-refractivity contribution is 5.75. The van der Waals surface area contributed by atoms with E-state index in [-0.39, 0.29) is 41.1 Å². The van der Waals surface area contributed by atoms with Crippen molar-refractivity contribution < 1.29 is 9.90 Å². The summed E-state index contributed by atoms with van der Waals surface area (Å²) in [5.74, 6) is 0.813. The molecule has 1 aliphatic rings. The van der Waals surface area contributed by atoms with Gasteiger partial charge in [0.2, 0.25) is 0 Å². The minimum absolute atomic E-state index is 0.115. The van der Waals surface area contributed by atoms with Gasteiger partial charge in [-0.3, -0.25) is 14.7 Å². The van der Waals surface area contributed by atoms with E-state index >= 15 is 0 Å². The van der Waals surface area contributed by atoms with E-state index in [1.807, 2.05) is 65.8 Å². The lowest BCUT2D eigenvalue weighted by molar-refractivity contribution is 0.0971. The zero-order chi connectivity index (χ0) is 33.6. The summed E-state index contributed by atoms with van der Waals surface area (Å²) in [5.41, 5.74) is 18.0. The predicted molar refractivity (Wildman–Crippen MR) is 182 cm³/mol. The van der Waals surface area contributed by atoms with E-state index in [1.54, 1.807) is 6.20 Å². The fraction of sp³-hybridized carbons (Fsp3) is 0.625. The third kappa shape index (κ3) is 14.9. The van der Waals surface area contributed by atoms with Crippen molar-refractivity contribution in [2.45, 2.75) is 90.4 Å². The topological polar surface area (TPSA) is 213 Å². The number of hydrogen-bond acceptors (Lipinski definition) is 8. The molecule has 1 saturated heterocycles. The van der Waals surface area contributed by atoms with Gasteiger partial charge in [0.05, 0.1) is 11.7 Å². The Balaban J connectivity index is 0.000000330. The second-order valence-electron chi connectivity index (χ2n) is 13.6. The molecule has 1 aliphatic heterocycles. The maximum absolute atomic E-state index is 12.4. The maximum Gasteiger partial charge on any atom is 0.315 e. The van der Waals surface area contributed by atoms with Crippen molar-refractivity contribution in [3.63, 3.8) is 0 Å². The molecule has 2 amide bonds. The summed E-state index contributed by atoms with van der Waals surface area (Å²) in [6, 6.07) is 7.92. The second-order valence-corrected chi connectivity index (χ2v) is 13.6. The Bertz CT molecular complexity index is 1260. The van der Waals surface area contributed by atoms with E-state index in [4.69, 9.17) is 17.2 Å². The lowest BCUT2D eigenvalue weighted by Crippen LogP contribution is -2.54. The minimum atomic E-state index is -0.484. The van der Waals surface area contributed by atoms with E-state index in [0.29, 0.717) is 24.5 Å². The quantitative estimate of drug-likeness (QED) is 0.102. The summed E-state index contributed by atoms with van der Waals surface area (Å²) < 4.78 is 0. The van der Waals surface area contributed by atoms with Crippen LogP contribution >= 0.6 is 0 Å². The van der Waals surface area contributed by atoms with Gasteiger partial charge in [-0.1, -0.05) is 45.0 Å². The van der Waals surface area contributed by atoms with Crippen LogP contribution in [0.4, 0.5) is 4.79 Å². The SMILES string of the molecule is CC(C)(C)NC(=O)N[C@@H]1CCCN(CC(O)CN)C1.CC(C)(C)c1ncc(-c2ccc(CNCCCN=C(N)N)cc2)c(=O)[nH]1. The molecule has 252 valence electrons. The number of rotatable bonds is 11. The molecule has 0 spiro atoms. The number of aromatic nitrogens is 2. The van der Waals surface area contributed by atoms with Crippen LogP contribution in [-0.4, -0.2) is 88.9 Å². The summed E-state index contributed by atoms with van der Waals surface area (Å²) in [6.45, 7) is 16.7. The second kappa shape index (κ2) is 17.8. The molecule has 0 radical (unpaired) electrons. The number of carbonyl (C=O) groups is 1. The average molecular weight is 629 g/mol. The van der Waals surface area contributed by atoms with Crippen molar-refractivity contribution in [1.29, 1.82) is 0 Å². The van der Waals surface area contributed by atoms with Gasteiger partial charge in [-0.05, 0) is 64.3 Å². The molecule has 1 fully saturated rings. The van der Waals surface area contributed by atoms with E-state index < -0.39 is 6.10 Å². The molecule has 3 rings (SSSR count). The van der Waals surface area contributed by atoms with Gasteiger partial charge in [0, 0.05) is 55.9 Å². The van der Waals surface area contributed by atoms with Crippen LogP contribution in [0, 0.1) is 0 Å². The fourth-order valence-corrected chi connectivity index (χ4v) is 4.70. The molecule has 2 heterocycles. The third-order valence-electron chi connectivity index (χ3n) is 6.98. The third-order valence-corrected chi connectivity index (χ3v) is 6.98. The van der Waals surface area contributed by atoms with Gasteiger partial charge in [0.25, 0.3) is 5.56 Å². The standard InChI is InChI=1S/C19H28N6O.C13H28N4O2/c1-19(2,3)17-24-12-15(16(26)25-17)14-7-5-13(6-8-14)11-22-9-4-10-23-18(20)21;1-13(2,3)16-12(19)15-10-5-4-6-17(8-10)9-11(18)7-14/h5-8,12,22H,4,9-11H2,1-3H3,(H4,20,21,23)(H,24,25,26);10-11,18H,4-9,14H2,1-3H3,(H2,15,16,19)/t;10-,11?/m.1/s1. The van der Waals surface area contributed by atoms with Gasteiger partial charge in [0.1, 0.15) is 5.82 Å². The largest absolute Gasteiger partial charge is 0.390 e. The van der Waals surface area contributed by atoms with Crippen LogP contribution in [0.2, 0.25) is 0 Å². The number of β-amino-alcohol motifs (C(OH)–C–C–N with tert-alkyl or cyclic N) is 1. The van der Waals surface area contributed by atoms with Crippen LogP contribution in [-0.2, 0) is 12.0 Å². The molecular formula is C32H56N10O3. The molecule has 0 aliphatic carbocycles. The molecule has 13 nitrogen and oxygen atoms in total. The highest BCUT2D eigenvalue weighted by Crippen LogP contribution is 2.19. The zero-order valence-electron chi connectivity index (χ0n) is 27.9. The van der Waals surface area contributed by atoms with Crippen molar-refractivity contribution in [3.05, 3.63) is 52.2 Å².